The molecule has 0 radical (unpaired) electrons. The predicted molar refractivity (Wildman–Crippen MR) is 62.7 cm³/mol. The summed E-state index contributed by atoms with van der Waals surface area (Å²) in [6.45, 7) is 4.63. The topological polar surface area (TPSA) is 29.5 Å². The van der Waals surface area contributed by atoms with Crippen molar-refractivity contribution in [1.82, 2.24) is 0 Å². The van der Waals surface area contributed by atoms with E-state index < -0.39 is 0 Å². The van der Waals surface area contributed by atoms with Crippen LogP contribution >= 0.6 is 0 Å². The van der Waals surface area contributed by atoms with Crippen LogP contribution < -0.4 is 5.06 Å². The molecule has 0 unspecified atom stereocenters. The molecule has 0 saturated carbocycles. The SMILES string of the molecule is CC(C)[C@@H]1[C@@H]([C-]=O)CON1c1ccccc1. The van der Waals surface area contributed by atoms with Crippen LogP contribution in [0, 0.1) is 11.8 Å². The summed E-state index contributed by atoms with van der Waals surface area (Å²) >= 11 is 0. The van der Waals surface area contributed by atoms with Crippen molar-refractivity contribution in [3.8, 4) is 0 Å². The quantitative estimate of drug-likeness (QED) is 0.728. The van der Waals surface area contributed by atoms with Crippen molar-refractivity contribution in [1.29, 1.82) is 0 Å². The van der Waals surface area contributed by atoms with Gasteiger partial charge in [0, 0.05) is 6.04 Å². The van der Waals surface area contributed by atoms with Crippen molar-refractivity contribution >= 4 is 12.0 Å². The number of para-hydroxylation sites is 1. The van der Waals surface area contributed by atoms with E-state index in [1.165, 1.54) is 0 Å². The largest absolute Gasteiger partial charge is 0.541 e. The highest BCUT2D eigenvalue weighted by Gasteiger charge is 2.32. The molecule has 2 rings (SSSR count). The van der Waals surface area contributed by atoms with Crippen LogP contribution in [0.3, 0.4) is 0 Å². The standard InChI is InChI=1S/C13H16NO2/c1-10(2)13-11(8-15)9-16-14(13)12-6-4-3-5-7-12/h3-7,10-11,13H,9H2,1-2H3/q-1/t11-,13+/m0/s1. The molecule has 86 valence electrons. The fourth-order valence-electron chi connectivity index (χ4n) is 2.17. The molecule has 1 aromatic rings. The first kappa shape index (κ1) is 11.1. The third-order valence-corrected chi connectivity index (χ3v) is 2.92. The van der Waals surface area contributed by atoms with E-state index in [4.69, 9.17) is 4.84 Å². The van der Waals surface area contributed by atoms with Gasteiger partial charge < -0.3 is 4.79 Å². The van der Waals surface area contributed by atoms with Gasteiger partial charge in [-0.2, -0.15) is 0 Å². The van der Waals surface area contributed by atoms with Crippen molar-refractivity contribution in [3.05, 3.63) is 30.3 Å². The van der Waals surface area contributed by atoms with Crippen molar-refractivity contribution < 1.29 is 9.63 Å². The summed E-state index contributed by atoms with van der Waals surface area (Å²) < 4.78 is 0. The van der Waals surface area contributed by atoms with E-state index in [1.807, 2.05) is 35.4 Å². The molecular weight excluding hydrogens is 202 g/mol. The van der Waals surface area contributed by atoms with Crippen LogP contribution in [0.2, 0.25) is 0 Å². The number of nitrogens with zero attached hydrogens (tertiary/aromatic N) is 1. The molecule has 1 aliphatic heterocycles. The monoisotopic (exact) mass is 218 g/mol. The lowest BCUT2D eigenvalue weighted by atomic mass is 9.92. The highest BCUT2D eigenvalue weighted by Crippen LogP contribution is 2.31. The van der Waals surface area contributed by atoms with Crippen LogP contribution in [0.4, 0.5) is 5.69 Å². The second-order valence-corrected chi connectivity index (χ2v) is 4.42. The highest BCUT2D eigenvalue weighted by atomic mass is 16.7. The second kappa shape index (κ2) is 4.66. The molecule has 3 nitrogen and oxygen atoms in total. The van der Waals surface area contributed by atoms with Crippen LogP contribution in [-0.4, -0.2) is 18.9 Å². The molecular formula is C13H16NO2-. The normalized spacial score (nSPS) is 25.1. The average Bonchev–Trinajstić information content (AvgIpc) is 2.73. The minimum Gasteiger partial charge on any atom is -0.541 e. The molecule has 0 bridgehead atoms. The number of hydrogen-bond donors (Lipinski definition) is 0. The van der Waals surface area contributed by atoms with Gasteiger partial charge in [-0.1, -0.05) is 38.0 Å². The second-order valence-electron chi connectivity index (χ2n) is 4.42. The maximum Gasteiger partial charge on any atom is 0.0639 e. The van der Waals surface area contributed by atoms with E-state index in [1.54, 1.807) is 0 Å². The van der Waals surface area contributed by atoms with Gasteiger partial charge in [0.1, 0.15) is 0 Å². The minimum absolute atomic E-state index is 0.0832. The first-order valence-electron chi connectivity index (χ1n) is 5.59. The summed E-state index contributed by atoms with van der Waals surface area (Å²) in [6.07, 6.45) is 2.08. The molecule has 16 heavy (non-hydrogen) atoms. The van der Waals surface area contributed by atoms with Gasteiger partial charge in [0.15, 0.2) is 0 Å². The van der Waals surface area contributed by atoms with Crippen LogP contribution in [0.5, 0.6) is 0 Å². The van der Waals surface area contributed by atoms with Crippen LogP contribution in [0.1, 0.15) is 13.8 Å². The van der Waals surface area contributed by atoms with Gasteiger partial charge in [0.2, 0.25) is 0 Å². The lowest BCUT2D eigenvalue weighted by Gasteiger charge is -2.31. The predicted octanol–water partition coefficient (Wildman–Crippen LogP) is 2.19. The van der Waals surface area contributed by atoms with Gasteiger partial charge in [-0.05, 0) is 18.1 Å². The number of hydrogen-bond acceptors (Lipinski definition) is 3. The Balaban J connectivity index is 2.25. The maximum atomic E-state index is 10.9. The van der Waals surface area contributed by atoms with E-state index in [2.05, 4.69) is 20.1 Å². The van der Waals surface area contributed by atoms with E-state index in [-0.39, 0.29) is 12.0 Å². The Kier molecular flexibility index (Phi) is 3.25. The number of anilines is 1. The van der Waals surface area contributed by atoms with Crippen LogP contribution in [0.25, 0.3) is 0 Å². The summed E-state index contributed by atoms with van der Waals surface area (Å²) in [4.78, 5) is 16.5. The van der Waals surface area contributed by atoms with E-state index in [0.717, 1.165) is 5.69 Å². The first-order valence-corrected chi connectivity index (χ1v) is 5.59. The summed E-state index contributed by atoms with van der Waals surface area (Å²) in [5, 5.41) is 1.85. The van der Waals surface area contributed by atoms with Gasteiger partial charge >= 0.3 is 0 Å². The van der Waals surface area contributed by atoms with E-state index in [0.29, 0.717) is 12.5 Å². The van der Waals surface area contributed by atoms with Gasteiger partial charge in [-0.25, -0.2) is 0 Å². The first-order chi connectivity index (χ1) is 7.74. The fraction of sp³-hybridized carbons (Fsp3) is 0.462. The summed E-state index contributed by atoms with van der Waals surface area (Å²) in [5.74, 6) is 0.203. The number of benzene rings is 1. The van der Waals surface area contributed by atoms with Gasteiger partial charge in [0.05, 0.1) is 12.3 Å². The zero-order valence-electron chi connectivity index (χ0n) is 9.59. The van der Waals surface area contributed by atoms with E-state index in [9.17, 15) is 4.79 Å². The van der Waals surface area contributed by atoms with Crippen molar-refractivity contribution in [3.63, 3.8) is 0 Å². The Morgan fingerprint density at radius 3 is 2.62 bits per heavy atom. The van der Waals surface area contributed by atoms with Crippen molar-refractivity contribution in [2.75, 3.05) is 11.7 Å². The smallest absolute Gasteiger partial charge is 0.0639 e. The summed E-state index contributed by atoms with van der Waals surface area (Å²) in [6, 6.07) is 9.96. The van der Waals surface area contributed by atoms with Crippen molar-refractivity contribution in [2.45, 2.75) is 19.9 Å². The number of rotatable bonds is 3. The molecule has 3 heteroatoms. The zero-order valence-corrected chi connectivity index (χ0v) is 9.59. The molecule has 1 saturated heterocycles. The van der Waals surface area contributed by atoms with Crippen molar-refractivity contribution in [2.24, 2.45) is 11.8 Å². The molecule has 2 atom stereocenters. The Hall–Kier alpha value is -1.35. The van der Waals surface area contributed by atoms with Gasteiger partial charge in [0.25, 0.3) is 0 Å². The minimum atomic E-state index is -0.153. The average molecular weight is 218 g/mol. The molecule has 0 amide bonds. The third kappa shape index (κ3) is 1.95. The molecule has 1 fully saturated rings. The summed E-state index contributed by atoms with van der Waals surface area (Å²) in [7, 11) is 0. The van der Waals surface area contributed by atoms with Crippen LogP contribution in [-0.2, 0) is 9.63 Å². The zero-order chi connectivity index (χ0) is 11.5. The lowest BCUT2D eigenvalue weighted by molar-refractivity contribution is 0.151. The maximum absolute atomic E-state index is 10.9. The highest BCUT2D eigenvalue weighted by molar-refractivity contribution is 5.59. The number of hydroxylamine groups is 1. The molecule has 0 aromatic heterocycles. The molecule has 1 aliphatic rings. The summed E-state index contributed by atoms with van der Waals surface area (Å²) in [5.41, 5.74) is 0.999. The van der Waals surface area contributed by atoms with Crippen LogP contribution in [0.15, 0.2) is 30.3 Å². The third-order valence-electron chi connectivity index (χ3n) is 2.92. The Morgan fingerprint density at radius 1 is 1.38 bits per heavy atom. The molecule has 1 aromatic carbocycles. The molecule has 0 aliphatic carbocycles. The molecule has 0 spiro atoms. The lowest BCUT2D eigenvalue weighted by Crippen LogP contribution is -2.37. The fourth-order valence-corrected chi connectivity index (χ4v) is 2.17. The Morgan fingerprint density at radius 2 is 2.06 bits per heavy atom. The Bertz CT molecular complexity index is 350. The Labute approximate surface area is 96.0 Å². The molecule has 0 N–H and O–H groups in total. The van der Waals surface area contributed by atoms with Gasteiger partial charge in [-0.3, -0.25) is 16.2 Å². The molecule has 1 heterocycles. The van der Waals surface area contributed by atoms with Gasteiger partial charge in [-0.15, -0.1) is 0 Å². The van der Waals surface area contributed by atoms with E-state index >= 15 is 0 Å². The number of carbonyl (C=O) groups excluding carboxylic acids is 1.